The number of rotatable bonds is 7. The summed E-state index contributed by atoms with van der Waals surface area (Å²) in [5.74, 6) is 0.267. The van der Waals surface area contributed by atoms with Crippen LogP contribution in [0, 0.1) is 6.92 Å². The zero-order valence-electron chi connectivity index (χ0n) is 15.1. The number of hydrogen-bond acceptors (Lipinski definition) is 3. The largest absolute Gasteiger partial charge is 0.410 e. The number of aliphatic hydroxyl groups excluding tert-OH is 1. The number of hydrogen-bond donors (Lipinski definition) is 1. The zero-order valence-corrected chi connectivity index (χ0v) is 16.9. The highest BCUT2D eigenvalue weighted by atomic mass is 32.2. The molecule has 1 rings (SSSR count). The lowest BCUT2D eigenvalue weighted by Gasteiger charge is -2.40. The van der Waals surface area contributed by atoms with Gasteiger partial charge >= 0.3 is 0 Å². The Labute approximate surface area is 144 Å². The van der Waals surface area contributed by atoms with Crippen LogP contribution < -0.4 is 0 Å². The molecule has 0 radical (unpaired) electrons. The van der Waals surface area contributed by atoms with E-state index in [2.05, 4.69) is 40.4 Å². The third kappa shape index (κ3) is 5.67. The van der Waals surface area contributed by atoms with E-state index in [1.165, 1.54) is 6.08 Å². The maximum absolute atomic E-state index is 12.6. The molecule has 1 aromatic carbocycles. The second-order valence-corrected chi connectivity index (χ2v) is 13.7. The molecular formula is C18H30O3SSi. The highest BCUT2D eigenvalue weighted by molar-refractivity contribution is 7.85. The van der Waals surface area contributed by atoms with Crippen molar-refractivity contribution in [3.63, 3.8) is 0 Å². The Hall–Kier alpha value is -0.753. The fourth-order valence-corrected chi connectivity index (χ4v) is 4.49. The van der Waals surface area contributed by atoms with Gasteiger partial charge in [-0.05, 0) is 37.2 Å². The summed E-state index contributed by atoms with van der Waals surface area (Å²) in [5, 5.41) is 10.3. The molecule has 1 unspecified atom stereocenters. The molecule has 0 amide bonds. The van der Waals surface area contributed by atoms with E-state index in [9.17, 15) is 9.32 Å². The molecule has 0 aliphatic heterocycles. The second-order valence-electron chi connectivity index (χ2n) is 7.47. The van der Waals surface area contributed by atoms with E-state index >= 15 is 0 Å². The van der Waals surface area contributed by atoms with Crippen LogP contribution in [-0.4, -0.2) is 35.6 Å². The zero-order chi connectivity index (χ0) is 17.8. The van der Waals surface area contributed by atoms with Crippen LogP contribution in [-0.2, 0) is 15.2 Å². The summed E-state index contributed by atoms with van der Waals surface area (Å²) < 4.78 is 18.9. The summed E-state index contributed by atoms with van der Waals surface area (Å²) in [7, 11) is -3.28. The first-order valence-electron chi connectivity index (χ1n) is 7.91. The summed E-state index contributed by atoms with van der Waals surface area (Å²) >= 11 is 0. The van der Waals surface area contributed by atoms with Gasteiger partial charge in [-0.1, -0.05) is 44.5 Å². The van der Waals surface area contributed by atoms with Crippen molar-refractivity contribution in [3.8, 4) is 0 Å². The van der Waals surface area contributed by atoms with Gasteiger partial charge < -0.3 is 9.53 Å². The quantitative estimate of drug-likeness (QED) is 0.594. The average Bonchev–Trinajstić information content (AvgIpc) is 2.44. The van der Waals surface area contributed by atoms with E-state index < -0.39 is 31.3 Å². The van der Waals surface area contributed by atoms with Gasteiger partial charge in [-0.15, -0.1) is 6.58 Å². The summed E-state index contributed by atoms with van der Waals surface area (Å²) in [4.78, 5) is 0.760. The van der Waals surface area contributed by atoms with Gasteiger partial charge in [0.2, 0.25) is 0 Å². The predicted molar refractivity (Wildman–Crippen MR) is 101 cm³/mol. The Morgan fingerprint density at radius 1 is 1.30 bits per heavy atom. The van der Waals surface area contributed by atoms with Crippen LogP contribution in [0.1, 0.15) is 26.3 Å². The molecule has 0 bridgehead atoms. The van der Waals surface area contributed by atoms with E-state index in [0.717, 1.165) is 10.5 Å². The maximum atomic E-state index is 12.6. The minimum Gasteiger partial charge on any atom is -0.410 e. The van der Waals surface area contributed by atoms with Crippen LogP contribution in [0.2, 0.25) is 18.1 Å². The molecule has 3 nitrogen and oxygen atoms in total. The summed E-state index contributed by atoms with van der Waals surface area (Å²) in [5.41, 5.74) is 1.13. The first kappa shape index (κ1) is 20.3. The van der Waals surface area contributed by atoms with Crippen molar-refractivity contribution in [2.24, 2.45) is 0 Å². The van der Waals surface area contributed by atoms with Crippen molar-refractivity contribution in [1.82, 2.24) is 0 Å². The summed E-state index contributed by atoms with van der Waals surface area (Å²) in [6.45, 7) is 16.3. The van der Waals surface area contributed by atoms with E-state index in [1.807, 2.05) is 31.2 Å². The molecule has 3 atom stereocenters. The molecule has 1 aromatic rings. The normalized spacial score (nSPS) is 16.7. The van der Waals surface area contributed by atoms with Crippen LogP contribution in [0.25, 0.3) is 0 Å². The third-order valence-corrected chi connectivity index (χ3v) is 10.4. The van der Waals surface area contributed by atoms with Crippen molar-refractivity contribution in [3.05, 3.63) is 42.5 Å². The van der Waals surface area contributed by atoms with Gasteiger partial charge in [0.25, 0.3) is 0 Å². The summed E-state index contributed by atoms with van der Waals surface area (Å²) in [6.07, 6.45) is 0.137. The number of aliphatic hydroxyl groups is 1. The minimum absolute atomic E-state index is 0.0253. The van der Waals surface area contributed by atoms with Crippen molar-refractivity contribution in [2.45, 2.75) is 62.9 Å². The fourth-order valence-electron chi connectivity index (χ4n) is 1.84. The summed E-state index contributed by atoms with van der Waals surface area (Å²) in [6, 6.07) is 7.63. The van der Waals surface area contributed by atoms with E-state index in [4.69, 9.17) is 4.43 Å². The van der Waals surface area contributed by atoms with Crippen molar-refractivity contribution < 1.29 is 13.7 Å². The Bertz CT molecular complexity index is 546. The predicted octanol–water partition coefficient (Wildman–Crippen LogP) is 4.04. The highest BCUT2D eigenvalue weighted by Crippen LogP contribution is 2.37. The molecule has 130 valence electrons. The smallest absolute Gasteiger partial charge is 0.192 e. The molecule has 1 N–H and O–H groups in total. The third-order valence-electron chi connectivity index (χ3n) is 4.47. The number of aryl methyl sites for hydroxylation is 1. The van der Waals surface area contributed by atoms with Crippen molar-refractivity contribution in [1.29, 1.82) is 0 Å². The Balaban J connectivity index is 2.93. The molecule has 0 saturated carbocycles. The lowest BCUT2D eigenvalue weighted by Crippen LogP contribution is -2.48. The Morgan fingerprint density at radius 2 is 1.83 bits per heavy atom. The molecular weight excluding hydrogens is 324 g/mol. The topological polar surface area (TPSA) is 46.5 Å². The van der Waals surface area contributed by atoms with Crippen molar-refractivity contribution >= 4 is 19.1 Å². The minimum atomic E-state index is -2.07. The standard InChI is InChI=1S/C18H30O3SSi/c1-8-16(19)17(21-23(6,7)18(3,4)5)13-22(20)15-11-9-14(2)10-12-15/h8-12,16-17,19H,1,13H2,2-7H3/t16-,17+,22?/m0/s1. The van der Waals surface area contributed by atoms with Crippen LogP contribution in [0.3, 0.4) is 0 Å². The van der Waals surface area contributed by atoms with E-state index in [0.29, 0.717) is 0 Å². The van der Waals surface area contributed by atoms with E-state index in [1.54, 1.807) is 0 Å². The Morgan fingerprint density at radius 3 is 2.26 bits per heavy atom. The van der Waals surface area contributed by atoms with Crippen LogP contribution in [0.4, 0.5) is 0 Å². The first-order valence-corrected chi connectivity index (χ1v) is 12.1. The SMILES string of the molecule is C=C[C@H](O)[C@@H](CS(=O)c1ccc(C)cc1)O[Si](C)(C)C(C)(C)C. The van der Waals surface area contributed by atoms with Crippen LogP contribution >= 0.6 is 0 Å². The van der Waals surface area contributed by atoms with Gasteiger partial charge in [0.1, 0.15) is 0 Å². The fraction of sp³-hybridized carbons (Fsp3) is 0.556. The molecule has 0 saturated heterocycles. The lowest BCUT2D eigenvalue weighted by molar-refractivity contribution is 0.0720. The maximum Gasteiger partial charge on any atom is 0.192 e. The molecule has 0 aliphatic carbocycles. The van der Waals surface area contributed by atoms with E-state index in [-0.39, 0.29) is 10.8 Å². The van der Waals surface area contributed by atoms with Gasteiger partial charge in [0.15, 0.2) is 8.32 Å². The lowest BCUT2D eigenvalue weighted by atomic mass is 10.2. The average molecular weight is 355 g/mol. The molecule has 0 aromatic heterocycles. The second kappa shape index (κ2) is 7.88. The van der Waals surface area contributed by atoms with Crippen molar-refractivity contribution in [2.75, 3.05) is 5.75 Å². The first-order chi connectivity index (χ1) is 10.5. The molecule has 0 fully saturated rings. The van der Waals surface area contributed by atoms with Gasteiger partial charge in [0, 0.05) is 4.90 Å². The van der Waals surface area contributed by atoms with Gasteiger partial charge in [-0.3, -0.25) is 4.21 Å². The Kier molecular flexibility index (Phi) is 6.95. The van der Waals surface area contributed by atoms with Crippen LogP contribution in [0.15, 0.2) is 41.8 Å². The van der Waals surface area contributed by atoms with Crippen LogP contribution in [0.5, 0.6) is 0 Å². The molecule has 23 heavy (non-hydrogen) atoms. The highest BCUT2D eigenvalue weighted by Gasteiger charge is 2.40. The monoisotopic (exact) mass is 354 g/mol. The molecule has 5 heteroatoms. The molecule has 0 heterocycles. The van der Waals surface area contributed by atoms with Gasteiger partial charge in [-0.2, -0.15) is 0 Å². The van der Waals surface area contributed by atoms with Gasteiger partial charge in [0.05, 0.1) is 28.8 Å². The molecule has 0 aliphatic rings. The number of benzene rings is 1. The molecule has 0 spiro atoms. The van der Waals surface area contributed by atoms with Gasteiger partial charge in [-0.25, -0.2) is 0 Å².